The first-order valence-corrected chi connectivity index (χ1v) is 11.1. The molecule has 0 saturated carbocycles. The number of ketones is 1. The molecule has 1 aliphatic heterocycles. The van der Waals surface area contributed by atoms with Crippen LogP contribution in [0.15, 0.2) is 48.0 Å². The number of carbonyl (C=O) groups is 2. The molecule has 2 aromatic carbocycles. The number of Topliss-reactive ketones (excluding diaryl/α,β-unsaturated/α-hetero) is 1. The van der Waals surface area contributed by atoms with Gasteiger partial charge in [-0.1, -0.05) is 12.1 Å². The SMILES string of the molecule is CCN(CC)c1ccc(C2/C(=C(/O)c3ccc(OC)c(C)c3)C(=O)C(=O)N2CCOC)cc1. The molecule has 7 heteroatoms. The minimum Gasteiger partial charge on any atom is -0.507 e. The van der Waals surface area contributed by atoms with Crippen molar-refractivity contribution < 1.29 is 24.2 Å². The Labute approximate surface area is 195 Å². The molecule has 2 aromatic rings. The number of hydrogen-bond donors (Lipinski definition) is 1. The van der Waals surface area contributed by atoms with Crippen LogP contribution in [0.3, 0.4) is 0 Å². The molecule has 1 amide bonds. The van der Waals surface area contributed by atoms with E-state index in [-0.39, 0.29) is 24.5 Å². The van der Waals surface area contributed by atoms with Crippen LogP contribution in [0.4, 0.5) is 5.69 Å². The maximum absolute atomic E-state index is 13.1. The van der Waals surface area contributed by atoms with Gasteiger partial charge in [-0.05, 0) is 62.2 Å². The van der Waals surface area contributed by atoms with Gasteiger partial charge in [0.2, 0.25) is 0 Å². The van der Waals surface area contributed by atoms with Crippen LogP contribution in [0.2, 0.25) is 0 Å². The quantitative estimate of drug-likeness (QED) is 0.353. The second kappa shape index (κ2) is 10.5. The lowest BCUT2D eigenvalue weighted by Crippen LogP contribution is -2.32. The van der Waals surface area contributed by atoms with Gasteiger partial charge < -0.3 is 24.4 Å². The first-order chi connectivity index (χ1) is 15.9. The molecule has 0 bridgehead atoms. The molecule has 0 aliphatic carbocycles. The van der Waals surface area contributed by atoms with Gasteiger partial charge in [0, 0.05) is 38.0 Å². The largest absolute Gasteiger partial charge is 0.507 e. The average Bonchev–Trinajstić information content (AvgIpc) is 3.08. The number of nitrogens with zero attached hydrogens (tertiary/aromatic N) is 2. The number of amides is 1. The highest BCUT2D eigenvalue weighted by atomic mass is 16.5. The summed E-state index contributed by atoms with van der Waals surface area (Å²) < 4.78 is 10.5. The number of rotatable bonds is 9. The minimum atomic E-state index is -0.701. The van der Waals surface area contributed by atoms with Gasteiger partial charge in [-0.2, -0.15) is 0 Å². The molecular weight excluding hydrogens is 420 g/mol. The van der Waals surface area contributed by atoms with Crippen molar-refractivity contribution in [1.29, 1.82) is 0 Å². The van der Waals surface area contributed by atoms with Crippen molar-refractivity contribution in [3.63, 3.8) is 0 Å². The topological polar surface area (TPSA) is 79.3 Å². The Kier molecular flexibility index (Phi) is 7.76. The third kappa shape index (κ3) is 4.73. The first kappa shape index (κ1) is 24.3. The van der Waals surface area contributed by atoms with E-state index in [0.717, 1.165) is 29.9 Å². The van der Waals surface area contributed by atoms with E-state index in [1.807, 2.05) is 31.2 Å². The van der Waals surface area contributed by atoms with Gasteiger partial charge in [0.25, 0.3) is 11.7 Å². The summed E-state index contributed by atoms with van der Waals surface area (Å²) in [5.41, 5.74) is 3.17. The zero-order valence-corrected chi connectivity index (χ0v) is 19.9. The zero-order chi connectivity index (χ0) is 24.1. The van der Waals surface area contributed by atoms with Gasteiger partial charge in [-0.15, -0.1) is 0 Å². The van der Waals surface area contributed by atoms with Crippen LogP contribution < -0.4 is 9.64 Å². The molecule has 1 heterocycles. The van der Waals surface area contributed by atoms with Crippen molar-refractivity contribution in [3.05, 3.63) is 64.7 Å². The first-order valence-electron chi connectivity index (χ1n) is 11.1. The van der Waals surface area contributed by atoms with Crippen LogP contribution in [0.5, 0.6) is 5.75 Å². The van der Waals surface area contributed by atoms with Crippen LogP contribution in [0, 0.1) is 6.92 Å². The monoisotopic (exact) mass is 452 g/mol. The highest BCUT2D eigenvalue weighted by Gasteiger charge is 2.45. The van der Waals surface area contributed by atoms with Gasteiger partial charge in [-0.25, -0.2) is 0 Å². The number of benzene rings is 2. The molecule has 1 fully saturated rings. The number of hydrogen-bond acceptors (Lipinski definition) is 6. The number of aliphatic hydroxyl groups excluding tert-OH is 1. The van der Waals surface area contributed by atoms with Crippen molar-refractivity contribution in [1.82, 2.24) is 4.90 Å². The Morgan fingerprint density at radius 1 is 1.06 bits per heavy atom. The Morgan fingerprint density at radius 3 is 2.27 bits per heavy atom. The van der Waals surface area contributed by atoms with E-state index >= 15 is 0 Å². The number of aryl methyl sites for hydroxylation is 1. The zero-order valence-electron chi connectivity index (χ0n) is 19.9. The summed E-state index contributed by atoms with van der Waals surface area (Å²) in [6.45, 7) is 8.31. The molecule has 176 valence electrons. The van der Waals surface area contributed by atoms with Crippen molar-refractivity contribution in [2.24, 2.45) is 0 Å². The van der Waals surface area contributed by atoms with Crippen LogP contribution in [-0.4, -0.2) is 62.2 Å². The predicted octanol–water partition coefficient (Wildman–Crippen LogP) is 3.92. The second-order valence-corrected chi connectivity index (χ2v) is 7.93. The molecule has 1 N–H and O–H groups in total. The molecule has 1 aliphatic rings. The van der Waals surface area contributed by atoms with Crippen LogP contribution in [-0.2, 0) is 14.3 Å². The Bertz CT molecular complexity index is 1040. The number of methoxy groups -OCH3 is 2. The number of carbonyl (C=O) groups excluding carboxylic acids is 2. The second-order valence-electron chi connectivity index (χ2n) is 7.93. The average molecular weight is 453 g/mol. The molecule has 33 heavy (non-hydrogen) atoms. The van der Waals surface area contributed by atoms with Gasteiger partial charge in [0.05, 0.1) is 25.3 Å². The van der Waals surface area contributed by atoms with E-state index < -0.39 is 17.7 Å². The van der Waals surface area contributed by atoms with E-state index in [4.69, 9.17) is 9.47 Å². The molecule has 1 unspecified atom stereocenters. The van der Waals surface area contributed by atoms with Crippen LogP contribution in [0.25, 0.3) is 5.76 Å². The molecule has 7 nitrogen and oxygen atoms in total. The molecule has 0 spiro atoms. The standard InChI is InChI=1S/C26H32N2O5/c1-6-27(7-2)20-11-8-18(9-12-20)23-22(25(30)26(31)28(23)14-15-32-4)24(29)19-10-13-21(33-5)17(3)16-19/h8-13,16,23,29H,6-7,14-15H2,1-5H3/b24-22-. The smallest absolute Gasteiger partial charge is 0.295 e. The molecular formula is C26H32N2O5. The maximum atomic E-state index is 13.1. The lowest BCUT2D eigenvalue weighted by atomic mass is 9.94. The lowest BCUT2D eigenvalue weighted by molar-refractivity contribution is -0.140. The van der Waals surface area contributed by atoms with Crippen LogP contribution >= 0.6 is 0 Å². The third-order valence-electron chi connectivity index (χ3n) is 6.08. The fourth-order valence-corrected chi connectivity index (χ4v) is 4.28. The number of likely N-dealkylation sites (tertiary alicyclic amines) is 1. The van der Waals surface area contributed by atoms with Crippen LogP contribution in [0.1, 0.15) is 36.6 Å². The number of anilines is 1. The summed E-state index contributed by atoms with van der Waals surface area (Å²) in [6.07, 6.45) is 0. The van der Waals surface area contributed by atoms with Gasteiger partial charge in [0.15, 0.2) is 0 Å². The summed E-state index contributed by atoms with van der Waals surface area (Å²) in [5.74, 6) is -0.862. The summed E-state index contributed by atoms with van der Waals surface area (Å²) >= 11 is 0. The number of aliphatic hydroxyl groups is 1. The lowest BCUT2D eigenvalue weighted by Gasteiger charge is -2.26. The van der Waals surface area contributed by atoms with Gasteiger partial charge in [-0.3, -0.25) is 9.59 Å². The molecule has 1 atom stereocenters. The fourth-order valence-electron chi connectivity index (χ4n) is 4.28. The molecule has 0 radical (unpaired) electrons. The van der Waals surface area contributed by atoms with Crippen molar-refractivity contribution in [3.8, 4) is 5.75 Å². The fraction of sp³-hybridized carbons (Fsp3) is 0.385. The molecule has 0 aromatic heterocycles. The van der Waals surface area contributed by atoms with Crippen molar-refractivity contribution >= 4 is 23.1 Å². The van der Waals surface area contributed by atoms with E-state index in [2.05, 4.69) is 18.7 Å². The van der Waals surface area contributed by atoms with E-state index in [0.29, 0.717) is 11.3 Å². The van der Waals surface area contributed by atoms with Crippen molar-refractivity contribution in [2.45, 2.75) is 26.8 Å². The van der Waals surface area contributed by atoms with E-state index in [1.165, 1.54) is 4.90 Å². The Balaban J connectivity index is 2.12. The van der Waals surface area contributed by atoms with E-state index in [9.17, 15) is 14.7 Å². The summed E-state index contributed by atoms with van der Waals surface area (Å²) in [4.78, 5) is 29.7. The summed E-state index contributed by atoms with van der Waals surface area (Å²) in [5, 5.41) is 11.2. The Morgan fingerprint density at radius 2 is 1.73 bits per heavy atom. The summed E-state index contributed by atoms with van der Waals surface area (Å²) in [7, 11) is 3.12. The molecule has 3 rings (SSSR count). The van der Waals surface area contributed by atoms with Gasteiger partial charge in [0.1, 0.15) is 11.5 Å². The highest BCUT2D eigenvalue weighted by Crippen LogP contribution is 2.40. The normalized spacial score (nSPS) is 17.5. The molecule has 1 saturated heterocycles. The third-order valence-corrected chi connectivity index (χ3v) is 6.08. The summed E-state index contributed by atoms with van der Waals surface area (Å²) in [6, 6.07) is 12.3. The number of ether oxygens (including phenoxy) is 2. The minimum absolute atomic E-state index is 0.0799. The Hall–Kier alpha value is -3.32. The highest BCUT2D eigenvalue weighted by molar-refractivity contribution is 6.46. The van der Waals surface area contributed by atoms with E-state index in [1.54, 1.807) is 32.4 Å². The van der Waals surface area contributed by atoms with Crippen molar-refractivity contribution in [2.75, 3.05) is 45.4 Å². The predicted molar refractivity (Wildman–Crippen MR) is 129 cm³/mol. The van der Waals surface area contributed by atoms with Gasteiger partial charge >= 0.3 is 0 Å². The maximum Gasteiger partial charge on any atom is 0.295 e.